The minimum Gasteiger partial charge on any atom is -0.396 e. The first-order chi connectivity index (χ1) is 11.6. The fraction of sp³-hybridized carbons (Fsp3) is 0.312. The second-order valence-electron chi connectivity index (χ2n) is 5.49. The maximum atomic E-state index is 8.91. The molecule has 126 valence electrons. The van der Waals surface area contributed by atoms with E-state index in [1.165, 1.54) is 0 Å². The first-order valence-electron chi connectivity index (χ1n) is 7.66. The zero-order chi connectivity index (χ0) is 17.1. The molecule has 0 aliphatic heterocycles. The van der Waals surface area contributed by atoms with Gasteiger partial charge in [-0.25, -0.2) is 0 Å². The Bertz CT molecular complexity index is 863. The summed E-state index contributed by atoms with van der Waals surface area (Å²) in [6, 6.07) is 5.76. The van der Waals surface area contributed by atoms with Crippen molar-refractivity contribution in [2.45, 2.75) is 13.3 Å². The van der Waals surface area contributed by atoms with Crippen molar-refractivity contribution in [3.63, 3.8) is 0 Å². The monoisotopic (exact) mass is 346 g/mol. The van der Waals surface area contributed by atoms with E-state index in [9.17, 15) is 0 Å². The number of aliphatic hydroxyl groups is 1. The van der Waals surface area contributed by atoms with Gasteiger partial charge in [0.25, 0.3) is 0 Å². The second-order valence-corrected chi connectivity index (χ2v) is 5.90. The lowest BCUT2D eigenvalue weighted by molar-refractivity contribution is 0.292. The molecule has 8 heteroatoms. The Labute approximate surface area is 144 Å². The van der Waals surface area contributed by atoms with Gasteiger partial charge in [-0.3, -0.25) is 4.68 Å². The number of aliphatic hydroxyl groups excluding tert-OH is 1. The van der Waals surface area contributed by atoms with Gasteiger partial charge < -0.3 is 15.7 Å². The molecule has 2 aromatic heterocycles. The zero-order valence-corrected chi connectivity index (χ0v) is 14.3. The Balaban J connectivity index is 1.96. The van der Waals surface area contributed by atoms with Gasteiger partial charge in [0.15, 0.2) is 5.65 Å². The highest BCUT2D eigenvalue weighted by Gasteiger charge is 2.12. The van der Waals surface area contributed by atoms with Crippen molar-refractivity contribution in [1.29, 1.82) is 0 Å². The average Bonchev–Trinajstić information content (AvgIpc) is 2.93. The minimum absolute atomic E-state index is 0.119. The summed E-state index contributed by atoms with van der Waals surface area (Å²) in [4.78, 5) is 8.99. The highest BCUT2D eigenvalue weighted by Crippen LogP contribution is 2.27. The normalized spacial score (nSPS) is 11.0. The minimum atomic E-state index is 0.119. The molecule has 0 fully saturated rings. The molecule has 0 aliphatic rings. The number of aromatic nitrogens is 4. The SMILES string of the molecule is Cc1ccc(Nc2nc(NCCCO)nc3c2cnn3C)cc1Cl. The van der Waals surface area contributed by atoms with Gasteiger partial charge >= 0.3 is 0 Å². The van der Waals surface area contributed by atoms with Crippen molar-refractivity contribution < 1.29 is 5.11 Å². The predicted molar refractivity (Wildman–Crippen MR) is 96.0 cm³/mol. The molecule has 0 saturated heterocycles. The molecular formula is C16H19ClN6O. The zero-order valence-electron chi connectivity index (χ0n) is 13.5. The van der Waals surface area contributed by atoms with Crippen LogP contribution in [0.3, 0.4) is 0 Å². The molecule has 24 heavy (non-hydrogen) atoms. The number of benzene rings is 1. The largest absolute Gasteiger partial charge is 0.396 e. The van der Waals surface area contributed by atoms with Crippen LogP contribution in [0.2, 0.25) is 5.02 Å². The summed E-state index contributed by atoms with van der Waals surface area (Å²) < 4.78 is 1.70. The van der Waals surface area contributed by atoms with Gasteiger partial charge in [-0.2, -0.15) is 15.1 Å². The Morgan fingerprint density at radius 3 is 2.88 bits per heavy atom. The number of rotatable bonds is 6. The third-order valence-electron chi connectivity index (χ3n) is 3.64. The van der Waals surface area contributed by atoms with Crippen LogP contribution >= 0.6 is 11.6 Å². The van der Waals surface area contributed by atoms with Crippen molar-refractivity contribution in [3.05, 3.63) is 35.0 Å². The molecule has 3 N–H and O–H groups in total. The molecule has 3 aromatic rings. The lowest BCUT2D eigenvalue weighted by Crippen LogP contribution is -2.09. The van der Waals surface area contributed by atoms with Gasteiger partial charge in [0.05, 0.1) is 11.6 Å². The van der Waals surface area contributed by atoms with Crippen molar-refractivity contribution in [2.24, 2.45) is 7.05 Å². The molecule has 0 spiro atoms. The van der Waals surface area contributed by atoms with E-state index in [-0.39, 0.29) is 6.61 Å². The van der Waals surface area contributed by atoms with E-state index in [1.54, 1.807) is 10.9 Å². The van der Waals surface area contributed by atoms with Gasteiger partial charge in [-0.15, -0.1) is 0 Å². The molecule has 0 bridgehead atoms. The molecule has 0 unspecified atom stereocenters. The van der Waals surface area contributed by atoms with E-state index >= 15 is 0 Å². The predicted octanol–water partition coefficient (Wildman–Crippen LogP) is 2.86. The van der Waals surface area contributed by atoms with Crippen LogP contribution in [0.1, 0.15) is 12.0 Å². The molecule has 7 nitrogen and oxygen atoms in total. The van der Waals surface area contributed by atoms with Crippen LogP contribution in [0.15, 0.2) is 24.4 Å². The van der Waals surface area contributed by atoms with Gasteiger partial charge in [0.2, 0.25) is 5.95 Å². The smallest absolute Gasteiger partial charge is 0.226 e. The quantitative estimate of drug-likeness (QED) is 0.595. The Kier molecular flexibility index (Phi) is 4.82. The number of anilines is 3. The summed E-state index contributed by atoms with van der Waals surface area (Å²) in [7, 11) is 1.83. The maximum Gasteiger partial charge on any atom is 0.226 e. The highest BCUT2D eigenvalue weighted by molar-refractivity contribution is 6.31. The van der Waals surface area contributed by atoms with Crippen LogP contribution in [-0.4, -0.2) is 38.0 Å². The van der Waals surface area contributed by atoms with Crippen LogP contribution in [0.4, 0.5) is 17.5 Å². The summed E-state index contributed by atoms with van der Waals surface area (Å²) in [5, 5.41) is 21.1. The molecule has 3 rings (SSSR count). The highest BCUT2D eigenvalue weighted by atomic mass is 35.5. The summed E-state index contributed by atoms with van der Waals surface area (Å²) in [5.74, 6) is 1.14. The molecule has 1 aromatic carbocycles. The summed E-state index contributed by atoms with van der Waals surface area (Å²) in [6.07, 6.45) is 2.36. The van der Waals surface area contributed by atoms with E-state index in [4.69, 9.17) is 16.7 Å². The van der Waals surface area contributed by atoms with Gasteiger partial charge in [0.1, 0.15) is 5.82 Å². The number of nitrogens with one attached hydrogen (secondary N) is 2. The Hall–Kier alpha value is -2.38. The maximum absolute atomic E-state index is 8.91. The van der Waals surface area contributed by atoms with E-state index in [2.05, 4.69) is 25.7 Å². The van der Waals surface area contributed by atoms with Gasteiger partial charge in [0, 0.05) is 30.9 Å². The fourth-order valence-electron chi connectivity index (χ4n) is 2.28. The number of hydrogen-bond acceptors (Lipinski definition) is 6. The van der Waals surface area contributed by atoms with Crippen LogP contribution in [0.25, 0.3) is 11.0 Å². The number of aryl methyl sites for hydroxylation is 2. The fourth-order valence-corrected chi connectivity index (χ4v) is 2.46. The number of halogens is 1. The van der Waals surface area contributed by atoms with Crippen LogP contribution in [0.5, 0.6) is 0 Å². The number of hydrogen-bond donors (Lipinski definition) is 3. The lowest BCUT2D eigenvalue weighted by atomic mass is 10.2. The first-order valence-corrected chi connectivity index (χ1v) is 8.04. The van der Waals surface area contributed by atoms with Gasteiger partial charge in [-0.05, 0) is 31.0 Å². The Morgan fingerprint density at radius 2 is 2.12 bits per heavy atom. The molecule has 0 saturated carbocycles. The molecule has 0 radical (unpaired) electrons. The molecule has 0 amide bonds. The number of nitrogens with zero attached hydrogens (tertiary/aromatic N) is 4. The summed E-state index contributed by atoms with van der Waals surface area (Å²) >= 11 is 6.19. The molecular weight excluding hydrogens is 328 g/mol. The summed E-state index contributed by atoms with van der Waals surface area (Å²) in [6.45, 7) is 2.67. The summed E-state index contributed by atoms with van der Waals surface area (Å²) in [5.41, 5.74) is 2.58. The van der Waals surface area contributed by atoms with Crippen molar-refractivity contribution >= 4 is 40.1 Å². The first kappa shape index (κ1) is 16.5. The average molecular weight is 347 g/mol. The van der Waals surface area contributed by atoms with E-state index in [1.807, 2.05) is 32.2 Å². The van der Waals surface area contributed by atoms with Crippen molar-refractivity contribution in [2.75, 3.05) is 23.8 Å². The molecule has 0 atom stereocenters. The lowest BCUT2D eigenvalue weighted by Gasteiger charge is -2.11. The standard InChI is InChI=1S/C16H19ClN6O/c1-10-4-5-11(8-13(10)17)20-14-12-9-19-23(2)15(12)22-16(21-14)18-6-3-7-24/h4-5,8-9,24H,3,6-7H2,1-2H3,(H2,18,20,21,22). The van der Waals surface area contributed by atoms with Crippen LogP contribution in [0, 0.1) is 6.92 Å². The third kappa shape index (κ3) is 3.42. The van der Waals surface area contributed by atoms with E-state index in [0.29, 0.717) is 29.8 Å². The second kappa shape index (κ2) is 7.02. The Morgan fingerprint density at radius 1 is 1.29 bits per heavy atom. The molecule has 0 aliphatic carbocycles. The van der Waals surface area contributed by atoms with Crippen LogP contribution in [-0.2, 0) is 7.05 Å². The van der Waals surface area contributed by atoms with Crippen LogP contribution < -0.4 is 10.6 Å². The van der Waals surface area contributed by atoms with Crippen molar-refractivity contribution in [3.8, 4) is 0 Å². The topological polar surface area (TPSA) is 87.9 Å². The van der Waals surface area contributed by atoms with Crippen molar-refractivity contribution in [1.82, 2.24) is 19.7 Å². The number of fused-ring (bicyclic) bond motifs is 1. The van der Waals surface area contributed by atoms with E-state index in [0.717, 1.165) is 22.3 Å². The molecule has 2 heterocycles. The van der Waals surface area contributed by atoms with Gasteiger partial charge in [-0.1, -0.05) is 17.7 Å². The third-order valence-corrected chi connectivity index (χ3v) is 4.05. The van der Waals surface area contributed by atoms with E-state index < -0.39 is 0 Å².